The first-order valence-corrected chi connectivity index (χ1v) is 19.0. The Labute approximate surface area is 258 Å². The second-order valence-corrected chi connectivity index (χ2v) is 13.7. The van der Waals surface area contributed by atoms with Gasteiger partial charge in [-0.05, 0) is 70.9 Å². The van der Waals surface area contributed by atoms with Gasteiger partial charge in [0.05, 0.1) is 0 Å². The Kier molecular flexibility index (Phi) is 26.5. The van der Waals surface area contributed by atoms with Gasteiger partial charge in [-0.3, -0.25) is 4.79 Å². The lowest BCUT2D eigenvalue weighted by molar-refractivity contribution is -0.150. The van der Waals surface area contributed by atoms with Gasteiger partial charge in [0.25, 0.3) is 0 Å². The van der Waals surface area contributed by atoms with E-state index < -0.39 is 0 Å². The SMILES string of the molecule is CCCCCCCCCC(CCCCCCCCCCC(=O)OC(CCCC)CCCCCC)C1CCCCN1C. The molecule has 3 atom stereocenters. The summed E-state index contributed by atoms with van der Waals surface area (Å²) in [5.74, 6) is 0.977. The van der Waals surface area contributed by atoms with Crippen LogP contribution >= 0.6 is 0 Å². The average Bonchev–Trinajstić information content (AvgIpc) is 2.97. The molecule has 1 rings (SSSR count). The van der Waals surface area contributed by atoms with Crippen LogP contribution in [0.1, 0.15) is 207 Å². The van der Waals surface area contributed by atoms with Crippen LogP contribution < -0.4 is 0 Å². The highest BCUT2D eigenvalue weighted by atomic mass is 16.5. The standard InChI is InChI=1S/C38H75NO2/c1-5-8-11-13-16-19-22-28-35(37-32-26-27-34-39(37)4)29-23-20-17-14-15-18-21-25-33-38(40)41-36(30-10-7-3)31-24-12-9-6-2/h35-37H,5-34H2,1-4H3. The van der Waals surface area contributed by atoms with Crippen LogP contribution in [0.25, 0.3) is 0 Å². The summed E-state index contributed by atoms with van der Waals surface area (Å²) in [7, 11) is 2.39. The van der Waals surface area contributed by atoms with Crippen LogP contribution in [0.3, 0.4) is 0 Å². The molecule has 244 valence electrons. The van der Waals surface area contributed by atoms with E-state index in [4.69, 9.17) is 4.74 Å². The molecule has 3 heteroatoms. The summed E-state index contributed by atoms with van der Waals surface area (Å²) in [5.41, 5.74) is 0. The third-order valence-corrected chi connectivity index (χ3v) is 9.81. The summed E-state index contributed by atoms with van der Waals surface area (Å²) in [6, 6.07) is 0.846. The van der Waals surface area contributed by atoms with Crippen LogP contribution in [0.4, 0.5) is 0 Å². The van der Waals surface area contributed by atoms with E-state index in [1.807, 2.05) is 0 Å². The number of hydrogen-bond donors (Lipinski definition) is 0. The van der Waals surface area contributed by atoms with Gasteiger partial charge in [-0.1, -0.05) is 149 Å². The van der Waals surface area contributed by atoms with Crippen molar-refractivity contribution in [2.24, 2.45) is 5.92 Å². The molecule has 0 spiro atoms. The molecule has 0 bridgehead atoms. The molecular formula is C38H75NO2. The molecule has 41 heavy (non-hydrogen) atoms. The van der Waals surface area contributed by atoms with Crippen molar-refractivity contribution >= 4 is 5.97 Å². The number of rotatable bonds is 29. The number of carbonyl (C=O) groups is 1. The van der Waals surface area contributed by atoms with Gasteiger partial charge in [0.15, 0.2) is 0 Å². The third kappa shape index (κ3) is 21.7. The largest absolute Gasteiger partial charge is 0.462 e. The van der Waals surface area contributed by atoms with Gasteiger partial charge in [-0.25, -0.2) is 0 Å². The van der Waals surface area contributed by atoms with Gasteiger partial charge in [0.1, 0.15) is 6.10 Å². The fourth-order valence-corrected chi connectivity index (χ4v) is 7.06. The monoisotopic (exact) mass is 578 g/mol. The molecule has 1 aliphatic rings. The summed E-state index contributed by atoms with van der Waals surface area (Å²) < 4.78 is 5.88. The summed E-state index contributed by atoms with van der Waals surface area (Å²) in [6.45, 7) is 8.10. The molecule has 3 nitrogen and oxygen atoms in total. The van der Waals surface area contributed by atoms with Crippen molar-refractivity contribution in [3.8, 4) is 0 Å². The van der Waals surface area contributed by atoms with Crippen LogP contribution in [-0.2, 0) is 9.53 Å². The average molecular weight is 578 g/mol. The van der Waals surface area contributed by atoms with Crippen molar-refractivity contribution in [1.82, 2.24) is 4.90 Å². The van der Waals surface area contributed by atoms with Gasteiger partial charge < -0.3 is 9.64 Å². The van der Waals surface area contributed by atoms with E-state index in [0.29, 0.717) is 6.42 Å². The molecule has 1 aliphatic heterocycles. The van der Waals surface area contributed by atoms with E-state index in [1.165, 1.54) is 167 Å². The second kappa shape index (κ2) is 28.2. The van der Waals surface area contributed by atoms with Crippen molar-refractivity contribution in [3.63, 3.8) is 0 Å². The van der Waals surface area contributed by atoms with Gasteiger partial charge in [0, 0.05) is 12.5 Å². The summed E-state index contributed by atoms with van der Waals surface area (Å²) in [5, 5.41) is 0. The fourth-order valence-electron chi connectivity index (χ4n) is 7.06. The van der Waals surface area contributed by atoms with Crippen molar-refractivity contribution in [1.29, 1.82) is 0 Å². The predicted molar refractivity (Wildman–Crippen MR) is 181 cm³/mol. The Morgan fingerprint density at radius 1 is 0.610 bits per heavy atom. The molecule has 0 aliphatic carbocycles. The molecule has 1 heterocycles. The van der Waals surface area contributed by atoms with E-state index in [1.54, 1.807) is 0 Å². The van der Waals surface area contributed by atoms with Crippen molar-refractivity contribution in [2.75, 3.05) is 13.6 Å². The van der Waals surface area contributed by atoms with Crippen LogP contribution in [0.2, 0.25) is 0 Å². The van der Waals surface area contributed by atoms with Crippen LogP contribution in [0.5, 0.6) is 0 Å². The maximum atomic E-state index is 12.4. The van der Waals surface area contributed by atoms with Gasteiger partial charge >= 0.3 is 5.97 Å². The minimum atomic E-state index is 0.0521. The Balaban J connectivity index is 2.13. The first-order valence-electron chi connectivity index (χ1n) is 19.0. The predicted octanol–water partition coefficient (Wildman–Crippen LogP) is 12.2. The lowest BCUT2D eigenvalue weighted by Crippen LogP contribution is -2.41. The maximum Gasteiger partial charge on any atom is 0.306 e. The molecule has 0 aromatic carbocycles. The van der Waals surface area contributed by atoms with Crippen molar-refractivity contribution in [3.05, 3.63) is 0 Å². The fraction of sp³-hybridized carbons (Fsp3) is 0.974. The number of nitrogens with zero attached hydrogens (tertiary/aromatic N) is 1. The lowest BCUT2D eigenvalue weighted by Gasteiger charge is -2.38. The van der Waals surface area contributed by atoms with E-state index in [9.17, 15) is 4.79 Å². The Morgan fingerprint density at radius 2 is 1.07 bits per heavy atom. The van der Waals surface area contributed by atoms with Crippen LogP contribution in [-0.4, -0.2) is 36.6 Å². The molecule has 1 saturated heterocycles. The van der Waals surface area contributed by atoms with E-state index >= 15 is 0 Å². The zero-order valence-corrected chi connectivity index (χ0v) is 28.7. The number of carbonyl (C=O) groups excluding carboxylic acids is 1. The van der Waals surface area contributed by atoms with Crippen LogP contribution in [0, 0.1) is 5.92 Å². The number of unbranched alkanes of at least 4 members (excludes halogenated alkanes) is 17. The molecule has 0 aromatic rings. The first kappa shape index (κ1) is 38.5. The summed E-state index contributed by atoms with van der Waals surface area (Å²) in [6.07, 6.45) is 37.9. The zero-order valence-electron chi connectivity index (χ0n) is 28.7. The molecule has 1 fully saturated rings. The zero-order chi connectivity index (χ0) is 29.8. The van der Waals surface area contributed by atoms with Gasteiger partial charge in [-0.15, -0.1) is 0 Å². The molecular weight excluding hydrogens is 502 g/mol. The third-order valence-electron chi connectivity index (χ3n) is 9.81. The smallest absolute Gasteiger partial charge is 0.306 e. The molecule has 0 N–H and O–H groups in total. The molecule has 0 saturated carbocycles. The van der Waals surface area contributed by atoms with Crippen molar-refractivity contribution in [2.45, 2.75) is 219 Å². The van der Waals surface area contributed by atoms with Crippen LogP contribution in [0.15, 0.2) is 0 Å². The Hall–Kier alpha value is -0.570. The topological polar surface area (TPSA) is 29.5 Å². The number of ether oxygens (including phenoxy) is 1. The second-order valence-electron chi connectivity index (χ2n) is 13.7. The Bertz CT molecular complexity index is 564. The highest BCUT2D eigenvalue weighted by Crippen LogP contribution is 2.30. The number of piperidine rings is 1. The van der Waals surface area contributed by atoms with E-state index in [0.717, 1.165) is 31.2 Å². The summed E-state index contributed by atoms with van der Waals surface area (Å²) in [4.78, 5) is 15.1. The molecule has 0 aromatic heterocycles. The maximum absolute atomic E-state index is 12.4. The minimum Gasteiger partial charge on any atom is -0.462 e. The first-order chi connectivity index (χ1) is 20.1. The lowest BCUT2D eigenvalue weighted by atomic mass is 9.83. The van der Waals surface area contributed by atoms with E-state index in [2.05, 4.69) is 32.7 Å². The van der Waals surface area contributed by atoms with Gasteiger partial charge in [-0.2, -0.15) is 0 Å². The molecule has 0 amide bonds. The normalized spacial score (nSPS) is 17.5. The quantitative estimate of drug-likeness (QED) is 0.0654. The van der Waals surface area contributed by atoms with E-state index in [-0.39, 0.29) is 12.1 Å². The number of hydrogen-bond acceptors (Lipinski definition) is 3. The Morgan fingerprint density at radius 3 is 1.63 bits per heavy atom. The summed E-state index contributed by atoms with van der Waals surface area (Å²) >= 11 is 0. The van der Waals surface area contributed by atoms with Gasteiger partial charge in [0.2, 0.25) is 0 Å². The number of esters is 1. The van der Waals surface area contributed by atoms with Crippen molar-refractivity contribution < 1.29 is 9.53 Å². The highest BCUT2D eigenvalue weighted by molar-refractivity contribution is 5.69. The minimum absolute atomic E-state index is 0.0521. The molecule has 3 unspecified atom stereocenters. The highest BCUT2D eigenvalue weighted by Gasteiger charge is 2.26. The molecule has 0 radical (unpaired) electrons. The number of likely N-dealkylation sites (tertiary alicyclic amines) is 1.